The fraction of sp³-hybridized carbons (Fsp3) is 0.167. The van der Waals surface area contributed by atoms with Gasteiger partial charge in [0.05, 0.1) is 22.5 Å². The second kappa shape index (κ2) is 4.85. The van der Waals surface area contributed by atoms with Crippen LogP contribution in [-0.2, 0) is 0 Å². The van der Waals surface area contributed by atoms with E-state index < -0.39 is 0 Å². The Balaban J connectivity index is 2.50. The molecule has 0 aliphatic rings. The fourth-order valence-electron chi connectivity index (χ4n) is 1.51. The Bertz CT molecular complexity index is 565. The lowest BCUT2D eigenvalue weighted by Gasteiger charge is -2.05. The largest absolute Gasteiger partial charge is 0.495 e. The van der Waals surface area contributed by atoms with Crippen LogP contribution < -0.4 is 4.74 Å². The van der Waals surface area contributed by atoms with Gasteiger partial charge in [0.2, 0.25) is 0 Å². The highest BCUT2D eigenvalue weighted by Gasteiger charge is 2.13. The van der Waals surface area contributed by atoms with Gasteiger partial charge in [-0.2, -0.15) is 0 Å². The number of benzene rings is 1. The minimum absolute atomic E-state index is 0.0480. The van der Waals surface area contributed by atoms with Crippen molar-refractivity contribution in [3.05, 3.63) is 34.4 Å². The Morgan fingerprint density at radius 3 is 2.82 bits per heavy atom. The van der Waals surface area contributed by atoms with Crippen molar-refractivity contribution in [2.75, 3.05) is 7.11 Å². The molecule has 88 valence electrons. The van der Waals surface area contributed by atoms with Crippen LogP contribution in [0.2, 0.25) is 5.02 Å². The Hall–Kier alpha value is -1.39. The number of methoxy groups -OCH3 is 1. The minimum Gasteiger partial charge on any atom is -0.495 e. The molecule has 0 bridgehead atoms. The molecule has 2 aromatic rings. The van der Waals surface area contributed by atoms with Crippen molar-refractivity contribution in [1.29, 1.82) is 0 Å². The molecule has 0 unspecified atom stereocenters. The summed E-state index contributed by atoms with van der Waals surface area (Å²) in [5.74, 6) is 0.567. The van der Waals surface area contributed by atoms with E-state index in [1.807, 2.05) is 6.07 Å². The van der Waals surface area contributed by atoms with Crippen LogP contribution >= 0.6 is 22.9 Å². The predicted molar refractivity (Wildman–Crippen MR) is 69.1 cm³/mol. The average Bonchev–Trinajstić information content (AvgIpc) is 2.77. The first-order valence-electron chi connectivity index (χ1n) is 4.92. The summed E-state index contributed by atoms with van der Waals surface area (Å²) < 4.78 is 5.08. The third-order valence-corrected chi connectivity index (χ3v) is 3.49. The first-order chi connectivity index (χ1) is 8.13. The van der Waals surface area contributed by atoms with Gasteiger partial charge in [0.15, 0.2) is 5.78 Å². The van der Waals surface area contributed by atoms with Crippen LogP contribution in [-0.4, -0.2) is 17.9 Å². The van der Waals surface area contributed by atoms with Crippen LogP contribution in [0, 0.1) is 0 Å². The zero-order valence-electron chi connectivity index (χ0n) is 9.36. The molecule has 0 amide bonds. The van der Waals surface area contributed by atoms with Crippen molar-refractivity contribution in [3.8, 4) is 16.2 Å². The van der Waals surface area contributed by atoms with E-state index in [9.17, 15) is 4.79 Å². The van der Waals surface area contributed by atoms with Gasteiger partial charge in [-0.1, -0.05) is 11.6 Å². The Kier molecular flexibility index (Phi) is 3.45. The predicted octanol–water partition coefficient (Wildman–Crippen LogP) is 3.67. The quantitative estimate of drug-likeness (QED) is 0.797. The summed E-state index contributed by atoms with van der Waals surface area (Å²) in [5.41, 5.74) is 3.02. The molecule has 0 fully saturated rings. The first kappa shape index (κ1) is 12.1. The van der Waals surface area contributed by atoms with Crippen molar-refractivity contribution in [3.63, 3.8) is 0 Å². The molecule has 1 aromatic heterocycles. The summed E-state index contributed by atoms with van der Waals surface area (Å²) in [4.78, 5) is 16.3. The van der Waals surface area contributed by atoms with E-state index >= 15 is 0 Å². The lowest BCUT2D eigenvalue weighted by atomic mass is 10.1. The number of carbonyl (C=O) groups excluding carboxylic acids is 1. The molecule has 0 aliphatic carbocycles. The van der Waals surface area contributed by atoms with Crippen LogP contribution in [0.1, 0.15) is 17.4 Å². The lowest BCUT2D eigenvalue weighted by molar-refractivity contribution is 0.101. The van der Waals surface area contributed by atoms with E-state index in [0.717, 1.165) is 10.4 Å². The van der Waals surface area contributed by atoms with Crippen molar-refractivity contribution < 1.29 is 9.53 Å². The van der Waals surface area contributed by atoms with Gasteiger partial charge in [0, 0.05) is 6.92 Å². The Morgan fingerprint density at radius 2 is 2.24 bits per heavy atom. The van der Waals surface area contributed by atoms with Gasteiger partial charge in [-0.3, -0.25) is 4.79 Å². The maximum absolute atomic E-state index is 11.4. The number of rotatable bonds is 3. The maximum Gasteiger partial charge on any atom is 0.179 e. The van der Waals surface area contributed by atoms with Crippen LogP contribution in [0.3, 0.4) is 0 Å². The zero-order valence-corrected chi connectivity index (χ0v) is 10.9. The smallest absolute Gasteiger partial charge is 0.179 e. The van der Waals surface area contributed by atoms with Crippen LogP contribution in [0.25, 0.3) is 10.4 Å². The molecule has 1 heterocycles. The molecule has 0 radical (unpaired) electrons. The number of ketones is 1. The summed E-state index contributed by atoms with van der Waals surface area (Å²) in [5, 5.41) is 0.521. The normalized spacial score (nSPS) is 10.3. The number of halogens is 1. The molecule has 17 heavy (non-hydrogen) atoms. The van der Waals surface area contributed by atoms with Crippen LogP contribution in [0.5, 0.6) is 5.75 Å². The third kappa shape index (κ3) is 2.33. The molecule has 0 aliphatic heterocycles. The van der Waals surface area contributed by atoms with Crippen molar-refractivity contribution >= 4 is 28.7 Å². The molecule has 3 nitrogen and oxygen atoms in total. The van der Waals surface area contributed by atoms with E-state index in [0.29, 0.717) is 16.5 Å². The molecular formula is C12H10ClNO2S. The number of nitrogens with zero attached hydrogens (tertiary/aromatic N) is 1. The second-order valence-corrected chi connectivity index (χ2v) is 4.70. The van der Waals surface area contributed by atoms with Gasteiger partial charge >= 0.3 is 0 Å². The molecule has 0 spiro atoms. The minimum atomic E-state index is -0.0480. The van der Waals surface area contributed by atoms with Gasteiger partial charge in [-0.05, 0) is 23.8 Å². The van der Waals surface area contributed by atoms with Crippen LogP contribution in [0.4, 0.5) is 0 Å². The highest BCUT2D eigenvalue weighted by molar-refractivity contribution is 7.13. The summed E-state index contributed by atoms with van der Waals surface area (Å²) in [6.45, 7) is 1.50. The van der Waals surface area contributed by atoms with E-state index in [-0.39, 0.29) is 5.78 Å². The van der Waals surface area contributed by atoms with Gasteiger partial charge in [-0.25, -0.2) is 4.98 Å². The summed E-state index contributed by atoms with van der Waals surface area (Å²) in [6, 6.07) is 5.42. The molecule has 0 saturated heterocycles. The lowest BCUT2D eigenvalue weighted by Crippen LogP contribution is -1.94. The third-order valence-electron chi connectivity index (χ3n) is 2.31. The SMILES string of the molecule is COc1ccc(-c2scnc2C(C)=O)cc1Cl. The van der Waals surface area contributed by atoms with Crippen molar-refractivity contribution in [2.24, 2.45) is 0 Å². The summed E-state index contributed by atoms with van der Waals surface area (Å²) in [6.07, 6.45) is 0. The first-order valence-corrected chi connectivity index (χ1v) is 6.17. The number of Topliss-reactive ketones (excluding diaryl/α,β-unsaturated/α-hetero) is 1. The van der Waals surface area contributed by atoms with E-state index in [2.05, 4.69) is 4.98 Å². The van der Waals surface area contributed by atoms with E-state index in [1.165, 1.54) is 18.3 Å². The average molecular weight is 268 g/mol. The van der Waals surface area contributed by atoms with Gasteiger partial charge < -0.3 is 4.74 Å². The summed E-state index contributed by atoms with van der Waals surface area (Å²) in [7, 11) is 1.56. The number of hydrogen-bond acceptors (Lipinski definition) is 4. The number of ether oxygens (including phenoxy) is 1. The van der Waals surface area contributed by atoms with Crippen LogP contribution in [0.15, 0.2) is 23.7 Å². The molecule has 5 heteroatoms. The topological polar surface area (TPSA) is 39.2 Å². The molecule has 2 rings (SSSR count). The maximum atomic E-state index is 11.4. The Morgan fingerprint density at radius 1 is 1.47 bits per heavy atom. The van der Waals surface area contributed by atoms with Gasteiger partial charge in [0.1, 0.15) is 11.4 Å². The highest BCUT2D eigenvalue weighted by atomic mass is 35.5. The van der Waals surface area contributed by atoms with Gasteiger partial charge in [0.25, 0.3) is 0 Å². The second-order valence-electron chi connectivity index (χ2n) is 3.44. The standard InChI is InChI=1S/C12H10ClNO2S/c1-7(15)11-12(17-6-14-11)8-3-4-10(16-2)9(13)5-8/h3-6H,1-2H3. The number of thiazole rings is 1. The molecule has 0 N–H and O–H groups in total. The monoisotopic (exact) mass is 267 g/mol. The van der Waals surface area contributed by atoms with Gasteiger partial charge in [-0.15, -0.1) is 11.3 Å². The number of hydrogen-bond donors (Lipinski definition) is 0. The Labute approximate surface area is 108 Å². The molecular weight excluding hydrogens is 258 g/mol. The van der Waals surface area contributed by atoms with E-state index in [4.69, 9.17) is 16.3 Å². The van der Waals surface area contributed by atoms with E-state index in [1.54, 1.807) is 24.8 Å². The van der Waals surface area contributed by atoms with Crippen molar-refractivity contribution in [2.45, 2.75) is 6.92 Å². The zero-order chi connectivity index (χ0) is 12.4. The number of aromatic nitrogens is 1. The highest BCUT2D eigenvalue weighted by Crippen LogP contribution is 2.33. The van der Waals surface area contributed by atoms with Crippen molar-refractivity contribution in [1.82, 2.24) is 4.98 Å². The molecule has 0 saturated carbocycles. The fourth-order valence-corrected chi connectivity index (χ4v) is 2.60. The molecule has 0 atom stereocenters. The molecule has 1 aromatic carbocycles. The number of carbonyl (C=O) groups is 1. The summed E-state index contributed by atoms with van der Waals surface area (Å²) >= 11 is 7.47.